The van der Waals surface area contributed by atoms with Crippen LogP contribution in [0.25, 0.3) is 0 Å². The second kappa shape index (κ2) is 4.28. The Balaban J connectivity index is 0.000000853. The molecule has 0 spiro atoms. The minimum Gasteiger partial charge on any atom is -0.374 e. The van der Waals surface area contributed by atoms with Gasteiger partial charge in [0.05, 0.1) is 24.2 Å². The van der Waals surface area contributed by atoms with Gasteiger partial charge in [0.1, 0.15) is 0 Å². The first-order chi connectivity index (χ1) is 6.83. The van der Waals surface area contributed by atoms with Crippen LogP contribution in [0.5, 0.6) is 0 Å². The Kier molecular flexibility index (Phi) is 3.19. The van der Waals surface area contributed by atoms with Crippen molar-refractivity contribution in [2.75, 3.05) is 13.1 Å². The summed E-state index contributed by atoms with van der Waals surface area (Å²) in [6, 6.07) is 0.363. The van der Waals surface area contributed by atoms with Crippen LogP contribution in [0.3, 0.4) is 0 Å². The van der Waals surface area contributed by atoms with Crippen LogP contribution in [0.4, 0.5) is 0 Å². The number of hydrogen-bond donors (Lipinski definition) is 2. The van der Waals surface area contributed by atoms with E-state index in [1.54, 1.807) is 0 Å². The molecule has 86 valence electrons. The van der Waals surface area contributed by atoms with E-state index in [1.165, 1.54) is 0 Å². The summed E-state index contributed by atoms with van der Waals surface area (Å²) in [5.74, 6) is 0.345. The lowest BCUT2D eigenvalue weighted by Crippen LogP contribution is -2.58. The van der Waals surface area contributed by atoms with Gasteiger partial charge in [-0.2, -0.15) is 0 Å². The van der Waals surface area contributed by atoms with Gasteiger partial charge in [-0.1, -0.05) is 0 Å². The van der Waals surface area contributed by atoms with Crippen molar-refractivity contribution in [3.63, 3.8) is 0 Å². The minimum absolute atomic E-state index is 0. The van der Waals surface area contributed by atoms with Crippen LogP contribution < -0.4 is 10.6 Å². The van der Waals surface area contributed by atoms with Crippen LogP contribution in [-0.2, 0) is 9.53 Å². The van der Waals surface area contributed by atoms with Gasteiger partial charge in [0.25, 0.3) is 0 Å². The molecule has 3 saturated heterocycles. The summed E-state index contributed by atoms with van der Waals surface area (Å²) in [6.07, 6.45) is 3.75. The molecule has 0 aromatic heterocycles. The molecule has 0 saturated carbocycles. The molecule has 1 amide bonds. The van der Waals surface area contributed by atoms with Crippen LogP contribution >= 0.6 is 12.4 Å². The number of carbonyl (C=O) groups excluding carboxylic acids is 1. The molecule has 3 fully saturated rings. The summed E-state index contributed by atoms with van der Waals surface area (Å²) in [4.78, 5) is 11.8. The Morgan fingerprint density at radius 2 is 2.13 bits per heavy atom. The van der Waals surface area contributed by atoms with Crippen LogP contribution in [0, 0.1) is 5.92 Å². The topological polar surface area (TPSA) is 50.4 Å². The first-order valence-corrected chi connectivity index (χ1v) is 5.49. The molecule has 2 N–H and O–H groups in total. The van der Waals surface area contributed by atoms with Gasteiger partial charge in [0, 0.05) is 13.1 Å². The molecular formula is C10H17ClN2O2. The number of nitrogens with one attached hydrogen (secondary N) is 2. The normalized spacial score (nSPS) is 38.3. The van der Waals surface area contributed by atoms with Gasteiger partial charge in [0.2, 0.25) is 5.91 Å². The molecule has 2 bridgehead atoms. The third-order valence-electron chi connectivity index (χ3n) is 3.57. The summed E-state index contributed by atoms with van der Waals surface area (Å²) in [6.45, 7) is 1.85. The number of halogens is 1. The Morgan fingerprint density at radius 1 is 1.33 bits per heavy atom. The van der Waals surface area contributed by atoms with E-state index < -0.39 is 0 Å². The molecule has 3 aliphatic heterocycles. The van der Waals surface area contributed by atoms with E-state index in [1.807, 2.05) is 0 Å². The summed E-state index contributed by atoms with van der Waals surface area (Å²) in [5.41, 5.74) is 0. The maximum atomic E-state index is 11.8. The summed E-state index contributed by atoms with van der Waals surface area (Å²) >= 11 is 0. The van der Waals surface area contributed by atoms with Crippen LogP contribution in [0.1, 0.15) is 19.3 Å². The number of rotatable bonds is 2. The fourth-order valence-corrected chi connectivity index (χ4v) is 2.61. The zero-order valence-electron chi connectivity index (χ0n) is 8.57. The van der Waals surface area contributed by atoms with Crippen molar-refractivity contribution in [1.29, 1.82) is 0 Å². The first kappa shape index (κ1) is 11.2. The van der Waals surface area contributed by atoms with Crippen molar-refractivity contribution in [2.24, 2.45) is 5.92 Å². The Hall–Kier alpha value is -0.320. The lowest BCUT2D eigenvalue weighted by molar-refractivity contribution is -0.127. The van der Waals surface area contributed by atoms with Gasteiger partial charge in [-0.25, -0.2) is 0 Å². The largest absolute Gasteiger partial charge is 0.374 e. The molecule has 0 aliphatic carbocycles. The highest BCUT2D eigenvalue weighted by molar-refractivity contribution is 5.85. The molecule has 0 unspecified atom stereocenters. The number of fused-ring (bicyclic) bond motifs is 2. The van der Waals surface area contributed by atoms with Gasteiger partial charge in [0.15, 0.2) is 0 Å². The molecule has 5 heteroatoms. The second-order valence-corrected chi connectivity index (χ2v) is 4.58. The molecule has 3 aliphatic rings. The van der Waals surface area contributed by atoms with E-state index in [2.05, 4.69) is 10.6 Å². The summed E-state index contributed by atoms with van der Waals surface area (Å²) < 4.78 is 5.66. The zero-order chi connectivity index (χ0) is 9.54. The highest BCUT2D eigenvalue weighted by Gasteiger charge is 2.44. The zero-order valence-corrected chi connectivity index (χ0v) is 9.39. The van der Waals surface area contributed by atoms with Crippen LogP contribution in [0.15, 0.2) is 0 Å². The maximum absolute atomic E-state index is 11.8. The number of ether oxygens (including phenoxy) is 1. The average Bonchev–Trinajstić information content (AvgIpc) is 2.71. The molecule has 0 radical (unpaired) electrons. The van der Waals surface area contributed by atoms with E-state index in [9.17, 15) is 4.79 Å². The summed E-state index contributed by atoms with van der Waals surface area (Å²) in [7, 11) is 0. The molecule has 0 aromatic carbocycles. The third-order valence-corrected chi connectivity index (χ3v) is 3.57. The van der Waals surface area contributed by atoms with Crippen LogP contribution in [-0.4, -0.2) is 37.2 Å². The van der Waals surface area contributed by atoms with Crippen molar-refractivity contribution < 1.29 is 9.53 Å². The van der Waals surface area contributed by atoms with Gasteiger partial charge < -0.3 is 15.4 Å². The SMILES string of the molecule is Cl.O=C(NC1CNC1)[C@@H]1C[C@H]2CC[C@@H]1O2. The van der Waals surface area contributed by atoms with Crippen LogP contribution in [0.2, 0.25) is 0 Å². The average molecular weight is 233 g/mol. The predicted molar refractivity (Wildman–Crippen MR) is 58.1 cm³/mol. The molecular weight excluding hydrogens is 216 g/mol. The van der Waals surface area contributed by atoms with Crippen molar-refractivity contribution in [1.82, 2.24) is 10.6 Å². The van der Waals surface area contributed by atoms with Crippen molar-refractivity contribution in [3.05, 3.63) is 0 Å². The smallest absolute Gasteiger partial charge is 0.226 e. The van der Waals surface area contributed by atoms with Gasteiger partial charge in [-0.15, -0.1) is 12.4 Å². The molecule has 0 aromatic rings. The third kappa shape index (κ3) is 1.98. The first-order valence-electron chi connectivity index (χ1n) is 5.49. The number of hydrogen-bond acceptors (Lipinski definition) is 3. The molecule has 4 nitrogen and oxygen atoms in total. The quantitative estimate of drug-likeness (QED) is 0.708. The number of carbonyl (C=O) groups is 1. The molecule has 3 heterocycles. The van der Waals surface area contributed by atoms with E-state index >= 15 is 0 Å². The molecule has 3 rings (SSSR count). The fraction of sp³-hybridized carbons (Fsp3) is 0.900. The highest BCUT2D eigenvalue weighted by Crippen LogP contribution is 2.38. The monoisotopic (exact) mass is 232 g/mol. The van der Waals surface area contributed by atoms with Crippen molar-refractivity contribution in [3.8, 4) is 0 Å². The predicted octanol–water partition coefficient (Wildman–Crippen LogP) is 0.0637. The standard InChI is InChI=1S/C10H16N2O2.ClH/c13-10(12-6-4-11-5-6)8-3-7-1-2-9(8)14-7;/h6-9,11H,1-5H2,(H,12,13);1H/t7-,8-,9+;/m1./s1. The van der Waals surface area contributed by atoms with E-state index in [0.29, 0.717) is 12.1 Å². The lowest BCUT2D eigenvalue weighted by Gasteiger charge is -2.30. The Bertz CT molecular complexity index is 258. The summed E-state index contributed by atoms with van der Waals surface area (Å²) in [5, 5.41) is 6.21. The molecule has 3 atom stereocenters. The Morgan fingerprint density at radius 3 is 2.60 bits per heavy atom. The van der Waals surface area contributed by atoms with Crippen molar-refractivity contribution in [2.45, 2.75) is 37.5 Å². The maximum Gasteiger partial charge on any atom is 0.226 e. The minimum atomic E-state index is 0. The van der Waals surface area contributed by atoms with Gasteiger partial charge in [-0.05, 0) is 19.3 Å². The van der Waals surface area contributed by atoms with Gasteiger partial charge in [-0.3, -0.25) is 4.79 Å². The highest BCUT2D eigenvalue weighted by atomic mass is 35.5. The Labute approximate surface area is 95.5 Å². The van der Waals surface area contributed by atoms with Crippen molar-refractivity contribution >= 4 is 18.3 Å². The molecule has 15 heavy (non-hydrogen) atoms. The van der Waals surface area contributed by atoms with E-state index in [4.69, 9.17) is 4.74 Å². The lowest BCUT2D eigenvalue weighted by atomic mass is 9.88. The fourth-order valence-electron chi connectivity index (χ4n) is 2.61. The van der Waals surface area contributed by atoms with E-state index in [0.717, 1.165) is 32.4 Å². The second-order valence-electron chi connectivity index (χ2n) is 4.58. The van der Waals surface area contributed by atoms with E-state index in [-0.39, 0.29) is 30.3 Å². The van der Waals surface area contributed by atoms with Gasteiger partial charge >= 0.3 is 0 Å². The number of amides is 1.